The minimum absolute atomic E-state index is 0.0514. The molecule has 1 N–H and O–H groups in total. The number of carboxylic acid groups (broad SMARTS) is 1. The van der Waals surface area contributed by atoms with E-state index >= 15 is 0 Å². The van der Waals surface area contributed by atoms with Crippen molar-refractivity contribution in [3.05, 3.63) is 34.6 Å². The molecule has 0 saturated carbocycles. The zero-order chi connectivity index (χ0) is 12.1. The molecule has 3 nitrogen and oxygen atoms in total. The standard InChI is InChI=1S/C11H13ClFNO2/c1-2-14(7-11(15)16)6-8-3-4-9(13)5-10(8)12/h3-5H,2,6-7H2,1H3,(H,15,16). The van der Waals surface area contributed by atoms with E-state index in [1.807, 2.05) is 6.92 Å². The third kappa shape index (κ3) is 3.79. The van der Waals surface area contributed by atoms with E-state index in [9.17, 15) is 9.18 Å². The quantitative estimate of drug-likeness (QED) is 0.866. The number of benzene rings is 1. The molecule has 1 rings (SSSR count). The number of hydrogen-bond acceptors (Lipinski definition) is 2. The largest absolute Gasteiger partial charge is 0.480 e. The summed E-state index contributed by atoms with van der Waals surface area (Å²) >= 11 is 5.85. The fourth-order valence-corrected chi connectivity index (χ4v) is 1.59. The molecule has 0 atom stereocenters. The second-order valence-electron chi connectivity index (χ2n) is 3.43. The van der Waals surface area contributed by atoms with Gasteiger partial charge in [0.1, 0.15) is 5.82 Å². The van der Waals surface area contributed by atoms with Crippen molar-refractivity contribution in [2.75, 3.05) is 13.1 Å². The van der Waals surface area contributed by atoms with Gasteiger partial charge in [-0.1, -0.05) is 24.6 Å². The Morgan fingerprint density at radius 3 is 2.75 bits per heavy atom. The summed E-state index contributed by atoms with van der Waals surface area (Å²) in [5, 5.41) is 8.99. The fraction of sp³-hybridized carbons (Fsp3) is 0.364. The van der Waals surface area contributed by atoms with Crippen molar-refractivity contribution >= 4 is 17.6 Å². The summed E-state index contributed by atoms with van der Waals surface area (Å²) in [6, 6.07) is 4.11. The molecule has 1 aromatic rings. The van der Waals surface area contributed by atoms with Gasteiger partial charge in [0.05, 0.1) is 6.54 Å². The summed E-state index contributed by atoms with van der Waals surface area (Å²) in [6.07, 6.45) is 0. The Bertz CT molecular complexity index is 384. The topological polar surface area (TPSA) is 40.5 Å². The Labute approximate surface area is 98.4 Å². The van der Waals surface area contributed by atoms with Gasteiger partial charge in [-0.15, -0.1) is 0 Å². The van der Waals surface area contributed by atoms with Crippen LogP contribution in [0.5, 0.6) is 0 Å². The molecule has 0 aliphatic rings. The van der Waals surface area contributed by atoms with Crippen molar-refractivity contribution in [3.8, 4) is 0 Å². The van der Waals surface area contributed by atoms with E-state index in [4.69, 9.17) is 16.7 Å². The van der Waals surface area contributed by atoms with Gasteiger partial charge in [-0.25, -0.2) is 4.39 Å². The Kier molecular flexibility index (Phi) is 4.71. The van der Waals surface area contributed by atoms with Crippen LogP contribution in [0.4, 0.5) is 4.39 Å². The first-order valence-corrected chi connectivity index (χ1v) is 5.28. The highest BCUT2D eigenvalue weighted by molar-refractivity contribution is 6.31. The second-order valence-corrected chi connectivity index (χ2v) is 3.84. The fourth-order valence-electron chi connectivity index (χ4n) is 1.36. The van der Waals surface area contributed by atoms with Crippen LogP contribution in [-0.2, 0) is 11.3 Å². The van der Waals surface area contributed by atoms with E-state index in [-0.39, 0.29) is 6.54 Å². The number of rotatable bonds is 5. The molecule has 0 saturated heterocycles. The predicted molar refractivity (Wildman–Crippen MR) is 60.0 cm³/mol. The number of nitrogens with zero attached hydrogens (tertiary/aromatic N) is 1. The van der Waals surface area contributed by atoms with E-state index < -0.39 is 11.8 Å². The summed E-state index contributed by atoms with van der Waals surface area (Å²) < 4.78 is 12.8. The normalized spacial score (nSPS) is 10.8. The third-order valence-electron chi connectivity index (χ3n) is 2.22. The van der Waals surface area contributed by atoms with Gasteiger partial charge in [0.15, 0.2) is 0 Å². The van der Waals surface area contributed by atoms with Crippen molar-refractivity contribution < 1.29 is 14.3 Å². The first-order valence-electron chi connectivity index (χ1n) is 4.91. The second kappa shape index (κ2) is 5.82. The lowest BCUT2D eigenvalue weighted by Gasteiger charge is -2.18. The van der Waals surface area contributed by atoms with Gasteiger partial charge < -0.3 is 5.11 Å². The minimum Gasteiger partial charge on any atom is -0.480 e. The summed E-state index contributed by atoms with van der Waals surface area (Å²) in [6.45, 7) is 2.81. The summed E-state index contributed by atoms with van der Waals surface area (Å²) in [4.78, 5) is 12.3. The average molecular weight is 246 g/mol. The lowest BCUT2D eigenvalue weighted by Crippen LogP contribution is -2.29. The van der Waals surface area contributed by atoms with Crippen molar-refractivity contribution in [2.24, 2.45) is 0 Å². The van der Waals surface area contributed by atoms with Crippen LogP contribution in [0.3, 0.4) is 0 Å². The molecule has 0 aliphatic heterocycles. The highest BCUT2D eigenvalue weighted by Crippen LogP contribution is 2.18. The number of aliphatic carboxylic acids is 1. The first kappa shape index (κ1) is 12.9. The van der Waals surface area contributed by atoms with Crippen LogP contribution in [0.1, 0.15) is 12.5 Å². The molecule has 0 amide bonds. The zero-order valence-electron chi connectivity index (χ0n) is 8.91. The number of carbonyl (C=O) groups is 1. The molecule has 16 heavy (non-hydrogen) atoms. The van der Waals surface area contributed by atoms with Crippen molar-refractivity contribution in [3.63, 3.8) is 0 Å². The number of likely N-dealkylation sites (N-methyl/N-ethyl adjacent to an activating group) is 1. The molecule has 0 unspecified atom stereocenters. The van der Waals surface area contributed by atoms with Crippen LogP contribution in [-0.4, -0.2) is 29.1 Å². The predicted octanol–water partition coefficient (Wildman–Crippen LogP) is 2.39. The molecule has 5 heteroatoms. The molecule has 0 fully saturated rings. The molecule has 0 heterocycles. The molecule has 0 aromatic heterocycles. The van der Waals surface area contributed by atoms with Crippen LogP contribution >= 0.6 is 11.6 Å². The van der Waals surface area contributed by atoms with Gasteiger partial charge in [-0.3, -0.25) is 9.69 Å². The molecule has 1 aromatic carbocycles. The minimum atomic E-state index is -0.889. The Balaban J connectivity index is 2.73. The van der Waals surface area contributed by atoms with E-state index in [0.717, 1.165) is 5.56 Å². The van der Waals surface area contributed by atoms with Gasteiger partial charge in [-0.2, -0.15) is 0 Å². The Morgan fingerprint density at radius 1 is 1.56 bits per heavy atom. The molecule has 0 spiro atoms. The average Bonchev–Trinajstić information content (AvgIpc) is 2.20. The van der Waals surface area contributed by atoms with Crippen LogP contribution < -0.4 is 0 Å². The number of carboxylic acids is 1. The maximum atomic E-state index is 12.8. The van der Waals surface area contributed by atoms with E-state index in [2.05, 4.69) is 0 Å². The molecule has 0 bridgehead atoms. The number of hydrogen-bond donors (Lipinski definition) is 1. The molecule has 88 valence electrons. The van der Waals surface area contributed by atoms with Crippen molar-refractivity contribution in [1.82, 2.24) is 4.90 Å². The Hall–Kier alpha value is -1.13. The molecule has 0 radical (unpaired) electrons. The lowest BCUT2D eigenvalue weighted by atomic mass is 10.2. The smallest absolute Gasteiger partial charge is 0.317 e. The lowest BCUT2D eigenvalue weighted by molar-refractivity contribution is -0.138. The van der Waals surface area contributed by atoms with Gasteiger partial charge in [0.2, 0.25) is 0 Å². The van der Waals surface area contributed by atoms with E-state index in [0.29, 0.717) is 18.1 Å². The summed E-state index contributed by atoms with van der Waals surface area (Å²) in [5.74, 6) is -1.28. The maximum absolute atomic E-state index is 12.8. The zero-order valence-corrected chi connectivity index (χ0v) is 9.67. The van der Waals surface area contributed by atoms with Crippen LogP contribution in [0.25, 0.3) is 0 Å². The molecular formula is C11H13ClFNO2. The highest BCUT2D eigenvalue weighted by Gasteiger charge is 2.10. The highest BCUT2D eigenvalue weighted by atomic mass is 35.5. The number of halogens is 2. The van der Waals surface area contributed by atoms with Gasteiger partial charge in [0.25, 0.3) is 0 Å². The summed E-state index contributed by atoms with van der Waals surface area (Å²) in [7, 11) is 0. The van der Waals surface area contributed by atoms with Gasteiger partial charge in [-0.05, 0) is 24.2 Å². The molecule has 0 aliphatic carbocycles. The first-order chi connectivity index (χ1) is 7.52. The molecular weight excluding hydrogens is 233 g/mol. The van der Waals surface area contributed by atoms with Crippen molar-refractivity contribution in [2.45, 2.75) is 13.5 Å². The third-order valence-corrected chi connectivity index (χ3v) is 2.57. The van der Waals surface area contributed by atoms with Gasteiger partial charge in [0, 0.05) is 11.6 Å². The maximum Gasteiger partial charge on any atom is 0.317 e. The van der Waals surface area contributed by atoms with E-state index in [1.54, 1.807) is 11.0 Å². The Morgan fingerprint density at radius 2 is 2.25 bits per heavy atom. The van der Waals surface area contributed by atoms with Crippen LogP contribution in [0.2, 0.25) is 5.02 Å². The van der Waals surface area contributed by atoms with Gasteiger partial charge >= 0.3 is 5.97 Å². The monoisotopic (exact) mass is 245 g/mol. The summed E-state index contributed by atoms with van der Waals surface area (Å²) in [5.41, 5.74) is 0.728. The van der Waals surface area contributed by atoms with Crippen molar-refractivity contribution in [1.29, 1.82) is 0 Å². The SMILES string of the molecule is CCN(CC(=O)O)Cc1ccc(F)cc1Cl. The van der Waals surface area contributed by atoms with E-state index in [1.165, 1.54) is 12.1 Å². The van der Waals surface area contributed by atoms with Crippen LogP contribution in [0.15, 0.2) is 18.2 Å². The van der Waals surface area contributed by atoms with Crippen LogP contribution in [0, 0.1) is 5.82 Å².